The largest absolute Gasteiger partial charge is 0.493 e. The third kappa shape index (κ3) is 2.99. The van der Waals surface area contributed by atoms with Crippen LogP contribution in [0.2, 0.25) is 0 Å². The van der Waals surface area contributed by atoms with E-state index in [0.717, 1.165) is 0 Å². The number of ether oxygens (including phenoxy) is 3. The first kappa shape index (κ1) is 14.9. The van der Waals surface area contributed by atoms with Gasteiger partial charge in [0.05, 0.1) is 38.4 Å². The number of hydrogen-bond donors (Lipinski definition) is 0. The fourth-order valence-electron chi connectivity index (χ4n) is 2.22. The quantitative estimate of drug-likeness (QED) is 0.795. The molecule has 1 amide bonds. The second-order valence-corrected chi connectivity index (χ2v) is 4.75. The number of para-hydroxylation sites is 1. The molecule has 0 N–H and O–H groups in total. The van der Waals surface area contributed by atoms with Crippen LogP contribution in [-0.2, 0) is 4.74 Å². The minimum atomic E-state index is -0.119. The molecule has 2 rings (SSSR count). The highest BCUT2D eigenvalue weighted by molar-refractivity contribution is 6.18. The summed E-state index contributed by atoms with van der Waals surface area (Å²) in [5.74, 6) is 1.27. The molecule has 0 saturated carbocycles. The van der Waals surface area contributed by atoms with Gasteiger partial charge in [0.25, 0.3) is 5.91 Å². The number of hydrogen-bond acceptors (Lipinski definition) is 4. The predicted octanol–water partition coefficient (Wildman–Crippen LogP) is 1.78. The molecule has 0 bridgehead atoms. The number of methoxy groups -OCH3 is 2. The molecule has 1 fully saturated rings. The Labute approximate surface area is 123 Å². The number of carbonyl (C=O) groups excluding carboxylic acids is 1. The summed E-state index contributed by atoms with van der Waals surface area (Å²) in [5.41, 5.74) is 0.488. The number of halogens is 1. The van der Waals surface area contributed by atoms with E-state index in [-0.39, 0.29) is 12.0 Å². The monoisotopic (exact) mass is 299 g/mol. The Morgan fingerprint density at radius 3 is 2.90 bits per heavy atom. The number of amides is 1. The maximum atomic E-state index is 12.6. The molecule has 110 valence electrons. The van der Waals surface area contributed by atoms with Crippen molar-refractivity contribution in [2.24, 2.45) is 0 Å². The predicted molar refractivity (Wildman–Crippen MR) is 75.9 cm³/mol. The van der Waals surface area contributed by atoms with Crippen molar-refractivity contribution >= 4 is 17.5 Å². The third-order valence-electron chi connectivity index (χ3n) is 3.23. The Balaban J connectivity index is 2.24. The van der Waals surface area contributed by atoms with Gasteiger partial charge in [0.1, 0.15) is 0 Å². The molecule has 5 nitrogen and oxygen atoms in total. The zero-order valence-corrected chi connectivity index (χ0v) is 12.4. The standard InChI is InChI=1S/C14H18ClNO4/c1-18-12-5-3-4-11(13(12)19-2)14(17)16-6-7-20-10(8-15)9-16/h3-5,10H,6-9H2,1-2H3. The SMILES string of the molecule is COc1cccc(C(=O)N2CCOC(CCl)C2)c1OC. The smallest absolute Gasteiger partial charge is 0.257 e. The maximum Gasteiger partial charge on any atom is 0.257 e. The molecule has 20 heavy (non-hydrogen) atoms. The van der Waals surface area contributed by atoms with Crippen molar-refractivity contribution in [3.05, 3.63) is 23.8 Å². The van der Waals surface area contributed by atoms with E-state index >= 15 is 0 Å². The summed E-state index contributed by atoms with van der Waals surface area (Å²) in [7, 11) is 3.07. The fraction of sp³-hybridized carbons (Fsp3) is 0.500. The lowest BCUT2D eigenvalue weighted by molar-refractivity contribution is -0.0109. The van der Waals surface area contributed by atoms with Gasteiger partial charge < -0.3 is 19.1 Å². The van der Waals surface area contributed by atoms with Crippen molar-refractivity contribution in [2.45, 2.75) is 6.10 Å². The van der Waals surface area contributed by atoms with Crippen molar-refractivity contribution in [3.8, 4) is 11.5 Å². The van der Waals surface area contributed by atoms with Crippen LogP contribution in [0, 0.1) is 0 Å². The number of morpholine rings is 1. The average molecular weight is 300 g/mol. The lowest BCUT2D eigenvalue weighted by Crippen LogP contribution is -2.46. The number of carbonyl (C=O) groups is 1. The molecule has 1 atom stereocenters. The van der Waals surface area contributed by atoms with E-state index in [1.807, 2.05) is 0 Å². The summed E-state index contributed by atoms with van der Waals surface area (Å²) < 4.78 is 16.0. The van der Waals surface area contributed by atoms with Crippen LogP contribution < -0.4 is 9.47 Å². The van der Waals surface area contributed by atoms with Gasteiger partial charge in [0.2, 0.25) is 0 Å². The van der Waals surface area contributed by atoms with Crippen molar-refractivity contribution in [2.75, 3.05) is 39.8 Å². The van der Waals surface area contributed by atoms with Gasteiger partial charge in [-0.2, -0.15) is 0 Å². The number of nitrogens with zero attached hydrogens (tertiary/aromatic N) is 1. The van der Waals surface area contributed by atoms with Gasteiger partial charge in [-0.05, 0) is 12.1 Å². The van der Waals surface area contributed by atoms with Crippen LogP contribution >= 0.6 is 11.6 Å². The molecule has 1 aliphatic heterocycles. The van der Waals surface area contributed by atoms with Crippen molar-refractivity contribution in [1.82, 2.24) is 4.90 Å². The third-order valence-corrected chi connectivity index (χ3v) is 3.58. The first-order valence-electron chi connectivity index (χ1n) is 6.39. The Hall–Kier alpha value is -1.46. The average Bonchev–Trinajstić information content (AvgIpc) is 2.53. The summed E-state index contributed by atoms with van der Waals surface area (Å²) in [6.45, 7) is 1.53. The molecule has 1 aromatic rings. The fourth-order valence-corrected chi connectivity index (χ4v) is 2.41. The molecule has 1 saturated heterocycles. The zero-order chi connectivity index (χ0) is 14.5. The highest BCUT2D eigenvalue weighted by atomic mass is 35.5. The second kappa shape index (κ2) is 6.81. The van der Waals surface area contributed by atoms with Gasteiger partial charge in [-0.25, -0.2) is 0 Å². The maximum absolute atomic E-state index is 12.6. The van der Waals surface area contributed by atoms with Crippen molar-refractivity contribution in [1.29, 1.82) is 0 Å². The molecule has 6 heteroatoms. The molecular weight excluding hydrogens is 282 g/mol. The summed E-state index contributed by atoms with van der Waals surface area (Å²) in [4.78, 5) is 14.3. The van der Waals surface area contributed by atoms with E-state index < -0.39 is 0 Å². The van der Waals surface area contributed by atoms with E-state index in [0.29, 0.717) is 42.6 Å². The Bertz CT molecular complexity index is 480. The van der Waals surface area contributed by atoms with Crippen LogP contribution in [0.15, 0.2) is 18.2 Å². The molecule has 1 unspecified atom stereocenters. The molecule has 1 aliphatic rings. The minimum absolute atomic E-state index is 0.0980. The first-order chi connectivity index (χ1) is 9.71. The number of alkyl halides is 1. The van der Waals surface area contributed by atoms with E-state index in [9.17, 15) is 4.79 Å². The Morgan fingerprint density at radius 1 is 1.45 bits per heavy atom. The van der Waals surface area contributed by atoms with Crippen LogP contribution in [0.3, 0.4) is 0 Å². The summed E-state index contributed by atoms with van der Waals surface area (Å²) >= 11 is 5.79. The van der Waals surface area contributed by atoms with Crippen LogP contribution in [0.5, 0.6) is 11.5 Å². The number of rotatable bonds is 4. The van der Waals surface area contributed by atoms with Gasteiger partial charge >= 0.3 is 0 Å². The molecular formula is C14H18ClNO4. The van der Waals surface area contributed by atoms with Gasteiger partial charge in [-0.3, -0.25) is 4.79 Å². The van der Waals surface area contributed by atoms with Gasteiger partial charge in [0.15, 0.2) is 11.5 Å². The molecule has 0 spiro atoms. The normalized spacial score (nSPS) is 18.8. The summed E-state index contributed by atoms with van der Waals surface area (Å²) in [6, 6.07) is 5.26. The summed E-state index contributed by atoms with van der Waals surface area (Å²) in [6.07, 6.45) is -0.119. The van der Waals surface area contributed by atoms with E-state index in [1.165, 1.54) is 7.11 Å². The van der Waals surface area contributed by atoms with Crippen LogP contribution in [0.25, 0.3) is 0 Å². The van der Waals surface area contributed by atoms with E-state index in [2.05, 4.69) is 0 Å². The van der Waals surface area contributed by atoms with E-state index in [4.69, 9.17) is 25.8 Å². The lowest BCUT2D eigenvalue weighted by Gasteiger charge is -2.32. The van der Waals surface area contributed by atoms with E-state index in [1.54, 1.807) is 30.2 Å². The first-order valence-corrected chi connectivity index (χ1v) is 6.92. The Kier molecular flexibility index (Phi) is 5.09. The van der Waals surface area contributed by atoms with Gasteiger partial charge in [0, 0.05) is 13.1 Å². The molecule has 1 aromatic carbocycles. The van der Waals surface area contributed by atoms with Crippen LogP contribution in [-0.4, -0.2) is 56.7 Å². The lowest BCUT2D eigenvalue weighted by atomic mass is 10.1. The summed E-state index contributed by atoms with van der Waals surface area (Å²) in [5, 5.41) is 0. The van der Waals surface area contributed by atoms with Gasteiger partial charge in [-0.1, -0.05) is 6.07 Å². The minimum Gasteiger partial charge on any atom is -0.493 e. The molecule has 0 aliphatic carbocycles. The topological polar surface area (TPSA) is 48.0 Å². The molecule has 1 heterocycles. The number of benzene rings is 1. The second-order valence-electron chi connectivity index (χ2n) is 4.44. The molecule has 0 radical (unpaired) electrons. The van der Waals surface area contributed by atoms with Crippen molar-refractivity contribution in [3.63, 3.8) is 0 Å². The highest BCUT2D eigenvalue weighted by Gasteiger charge is 2.27. The molecule has 0 aromatic heterocycles. The zero-order valence-electron chi connectivity index (χ0n) is 11.6. The Morgan fingerprint density at radius 2 is 2.25 bits per heavy atom. The van der Waals surface area contributed by atoms with Crippen LogP contribution in [0.4, 0.5) is 0 Å². The van der Waals surface area contributed by atoms with Crippen molar-refractivity contribution < 1.29 is 19.0 Å². The highest BCUT2D eigenvalue weighted by Crippen LogP contribution is 2.31. The van der Waals surface area contributed by atoms with Gasteiger partial charge in [-0.15, -0.1) is 11.6 Å². The van der Waals surface area contributed by atoms with Crippen LogP contribution in [0.1, 0.15) is 10.4 Å².